The molecule has 0 fully saturated rings. The van der Waals surface area contributed by atoms with Gasteiger partial charge in [-0.05, 0) is 31.5 Å². The Balaban J connectivity index is 2.07. The van der Waals surface area contributed by atoms with Crippen LogP contribution >= 0.6 is 0 Å². The molecule has 0 aliphatic carbocycles. The van der Waals surface area contributed by atoms with Gasteiger partial charge in [0.05, 0.1) is 11.4 Å². The van der Waals surface area contributed by atoms with Crippen LogP contribution in [0.1, 0.15) is 35.7 Å². The maximum atomic E-state index is 10.6. The number of fused-ring (bicyclic) bond motifs is 1. The molecule has 1 aromatic carbocycles. The van der Waals surface area contributed by atoms with E-state index in [1.165, 1.54) is 0 Å². The molecule has 102 valence electrons. The molecule has 0 spiro atoms. The van der Waals surface area contributed by atoms with E-state index in [0.717, 1.165) is 34.3 Å². The lowest BCUT2D eigenvalue weighted by atomic mass is 10.0. The van der Waals surface area contributed by atoms with Crippen molar-refractivity contribution in [3.63, 3.8) is 0 Å². The number of aryl methyl sites for hydroxylation is 2. The number of hydrogen-bond donors (Lipinski definition) is 1. The number of aliphatic hydroxyl groups excluding tert-OH is 1. The highest BCUT2D eigenvalue weighted by Crippen LogP contribution is 2.29. The van der Waals surface area contributed by atoms with Gasteiger partial charge in [0.2, 0.25) is 0 Å². The molecule has 3 rings (SSSR count). The van der Waals surface area contributed by atoms with E-state index < -0.39 is 6.10 Å². The molecular formula is C16H16N2O2. The first kappa shape index (κ1) is 12.8. The molecule has 3 aromatic rings. The molecule has 4 nitrogen and oxygen atoms in total. The van der Waals surface area contributed by atoms with Crippen molar-refractivity contribution in [2.45, 2.75) is 26.4 Å². The van der Waals surface area contributed by atoms with Gasteiger partial charge in [0.1, 0.15) is 17.4 Å². The fourth-order valence-electron chi connectivity index (χ4n) is 2.34. The van der Waals surface area contributed by atoms with Gasteiger partial charge in [-0.2, -0.15) is 10.2 Å². The average Bonchev–Trinajstić information content (AvgIpc) is 2.90. The van der Waals surface area contributed by atoms with Crippen LogP contribution in [0.2, 0.25) is 0 Å². The zero-order chi connectivity index (χ0) is 14.1. The third kappa shape index (κ3) is 2.18. The van der Waals surface area contributed by atoms with Crippen molar-refractivity contribution in [3.8, 4) is 0 Å². The third-order valence-corrected chi connectivity index (χ3v) is 3.37. The van der Waals surface area contributed by atoms with Crippen LogP contribution in [0.3, 0.4) is 0 Å². The minimum absolute atomic E-state index is 0.535. The summed E-state index contributed by atoms with van der Waals surface area (Å²) in [5.41, 5.74) is 3.12. The van der Waals surface area contributed by atoms with Crippen LogP contribution in [0.15, 0.2) is 40.8 Å². The largest absolute Gasteiger partial charge is 0.458 e. The summed E-state index contributed by atoms with van der Waals surface area (Å²) in [7, 11) is 0. The van der Waals surface area contributed by atoms with Crippen LogP contribution in [0.25, 0.3) is 11.0 Å². The Bertz CT molecular complexity index is 716. The van der Waals surface area contributed by atoms with E-state index in [1.54, 1.807) is 0 Å². The number of aromatic nitrogens is 2. The summed E-state index contributed by atoms with van der Waals surface area (Å²) in [6.45, 7) is 3.86. The Morgan fingerprint density at radius 1 is 1.20 bits per heavy atom. The molecule has 1 N–H and O–H groups in total. The van der Waals surface area contributed by atoms with E-state index in [9.17, 15) is 5.11 Å². The fourth-order valence-corrected chi connectivity index (χ4v) is 2.34. The van der Waals surface area contributed by atoms with Crippen LogP contribution in [-0.2, 0) is 6.42 Å². The molecule has 0 aliphatic rings. The second kappa shape index (κ2) is 5.06. The second-order valence-electron chi connectivity index (χ2n) is 4.83. The first-order valence-electron chi connectivity index (χ1n) is 6.68. The topological polar surface area (TPSA) is 59.2 Å². The summed E-state index contributed by atoms with van der Waals surface area (Å²) in [5, 5.41) is 19.7. The third-order valence-electron chi connectivity index (χ3n) is 3.37. The molecule has 1 unspecified atom stereocenters. The summed E-state index contributed by atoms with van der Waals surface area (Å²) in [4.78, 5) is 0. The van der Waals surface area contributed by atoms with Gasteiger partial charge in [-0.1, -0.05) is 25.1 Å². The molecule has 20 heavy (non-hydrogen) atoms. The van der Waals surface area contributed by atoms with Crippen molar-refractivity contribution >= 4 is 11.0 Å². The second-order valence-corrected chi connectivity index (χ2v) is 4.83. The molecule has 2 heterocycles. The monoisotopic (exact) mass is 268 g/mol. The lowest BCUT2D eigenvalue weighted by molar-refractivity contribution is 0.190. The number of furan rings is 1. The number of aliphatic hydroxyl groups is 1. The Hall–Kier alpha value is -2.20. The van der Waals surface area contributed by atoms with Crippen molar-refractivity contribution < 1.29 is 9.52 Å². The summed E-state index contributed by atoms with van der Waals surface area (Å²) < 4.78 is 5.73. The number of para-hydroxylation sites is 1. The Morgan fingerprint density at radius 3 is 2.75 bits per heavy atom. The Kier molecular flexibility index (Phi) is 3.24. The predicted molar refractivity (Wildman–Crippen MR) is 76.4 cm³/mol. The predicted octanol–water partition coefficient (Wildman–Crippen LogP) is 3.18. The van der Waals surface area contributed by atoms with Crippen molar-refractivity contribution in [2.24, 2.45) is 0 Å². The molecule has 1 atom stereocenters. The van der Waals surface area contributed by atoms with Crippen LogP contribution < -0.4 is 0 Å². The molecule has 0 amide bonds. The molecule has 0 aliphatic heterocycles. The zero-order valence-corrected chi connectivity index (χ0v) is 11.5. The van der Waals surface area contributed by atoms with Crippen molar-refractivity contribution in [2.75, 3.05) is 0 Å². The normalized spacial score (nSPS) is 12.8. The van der Waals surface area contributed by atoms with E-state index in [1.807, 2.05) is 50.2 Å². The molecular weight excluding hydrogens is 252 g/mol. The number of rotatable bonds is 3. The average molecular weight is 268 g/mol. The summed E-state index contributed by atoms with van der Waals surface area (Å²) in [5.74, 6) is 0.535. The van der Waals surface area contributed by atoms with Crippen LogP contribution in [0, 0.1) is 6.92 Å². The number of nitrogens with zero attached hydrogens (tertiary/aromatic N) is 2. The highest BCUT2D eigenvalue weighted by atomic mass is 16.4. The lowest BCUT2D eigenvalue weighted by Crippen LogP contribution is -2.07. The molecule has 0 saturated carbocycles. The van der Waals surface area contributed by atoms with Crippen LogP contribution in [-0.4, -0.2) is 15.3 Å². The van der Waals surface area contributed by atoms with Crippen molar-refractivity contribution in [3.05, 3.63) is 59.1 Å². The van der Waals surface area contributed by atoms with Gasteiger partial charge in [0, 0.05) is 10.9 Å². The van der Waals surface area contributed by atoms with E-state index in [4.69, 9.17) is 4.42 Å². The first-order chi connectivity index (χ1) is 9.69. The first-order valence-corrected chi connectivity index (χ1v) is 6.68. The van der Waals surface area contributed by atoms with Gasteiger partial charge in [-0.25, -0.2) is 0 Å². The SMILES string of the molecule is CCc1nnc(C)cc1C(O)c1cc2ccccc2o1. The Labute approximate surface area is 117 Å². The van der Waals surface area contributed by atoms with Gasteiger partial charge in [0.25, 0.3) is 0 Å². The van der Waals surface area contributed by atoms with Gasteiger partial charge >= 0.3 is 0 Å². The van der Waals surface area contributed by atoms with E-state index in [-0.39, 0.29) is 0 Å². The summed E-state index contributed by atoms with van der Waals surface area (Å²) in [6.07, 6.45) is -0.0913. The quantitative estimate of drug-likeness (QED) is 0.792. The number of hydrogen-bond acceptors (Lipinski definition) is 4. The maximum Gasteiger partial charge on any atom is 0.139 e. The fraction of sp³-hybridized carbons (Fsp3) is 0.250. The molecule has 4 heteroatoms. The van der Waals surface area contributed by atoms with Crippen LogP contribution in [0.5, 0.6) is 0 Å². The molecule has 2 aromatic heterocycles. The molecule has 0 bridgehead atoms. The van der Waals surface area contributed by atoms with Gasteiger partial charge in [-0.3, -0.25) is 0 Å². The smallest absolute Gasteiger partial charge is 0.139 e. The zero-order valence-electron chi connectivity index (χ0n) is 11.5. The minimum atomic E-state index is -0.813. The highest BCUT2D eigenvalue weighted by molar-refractivity contribution is 5.77. The van der Waals surface area contributed by atoms with Crippen molar-refractivity contribution in [1.82, 2.24) is 10.2 Å². The van der Waals surface area contributed by atoms with Gasteiger partial charge < -0.3 is 9.52 Å². The minimum Gasteiger partial charge on any atom is -0.458 e. The Morgan fingerprint density at radius 2 is 2.00 bits per heavy atom. The standard InChI is InChI=1S/C16H16N2O2/c1-3-13-12(8-10(2)17-18-13)16(19)15-9-11-6-4-5-7-14(11)20-15/h4-9,16,19H,3H2,1-2H3. The summed E-state index contributed by atoms with van der Waals surface area (Å²) >= 11 is 0. The number of benzene rings is 1. The maximum absolute atomic E-state index is 10.6. The van der Waals surface area contributed by atoms with Crippen LogP contribution in [0.4, 0.5) is 0 Å². The van der Waals surface area contributed by atoms with E-state index >= 15 is 0 Å². The molecule has 0 saturated heterocycles. The van der Waals surface area contributed by atoms with E-state index in [0.29, 0.717) is 5.76 Å². The van der Waals surface area contributed by atoms with Crippen molar-refractivity contribution in [1.29, 1.82) is 0 Å². The van der Waals surface area contributed by atoms with Gasteiger partial charge in [-0.15, -0.1) is 0 Å². The highest BCUT2D eigenvalue weighted by Gasteiger charge is 2.19. The lowest BCUT2D eigenvalue weighted by Gasteiger charge is -2.11. The van der Waals surface area contributed by atoms with Gasteiger partial charge in [0.15, 0.2) is 0 Å². The molecule has 0 radical (unpaired) electrons. The summed E-state index contributed by atoms with van der Waals surface area (Å²) in [6, 6.07) is 11.5. The van der Waals surface area contributed by atoms with E-state index in [2.05, 4.69) is 10.2 Å².